The molecule has 0 spiro atoms. The van der Waals surface area contributed by atoms with Crippen LogP contribution in [0.15, 0.2) is 0 Å². The Morgan fingerprint density at radius 2 is 1.83 bits per heavy atom. The highest BCUT2D eigenvalue weighted by atomic mass is 14.8. The molecule has 0 aromatic carbocycles. The average Bonchev–Trinajstić information content (AvgIpc) is 1.81. The largest absolute Gasteiger partial charge is 0.317 e. The van der Waals surface area contributed by atoms with Gasteiger partial charge in [0.15, 0.2) is 0 Å². The molecule has 0 aliphatic heterocycles. The van der Waals surface area contributed by atoms with E-state index in [9.17, 15) is 0 Å². The van der Waals surface area contributed by atoms with E-state index in [4.69, 9.17) is 0 Å². The molecule has 1 aliphatic rings. The molecular formula is C11H23N. The normalized spacial score (nSPS) is 30.0. The number of hydrogen-bond acceptors (Lipinski definition) is 1. The fourth-order valence-corrected chi connectivity index (χ4v) is 1.96. The van der Waals surface area contributed by atoms with Crippen LogP contribution >= 0.6 is 0 Å². The van der Waals surface area contributed by atoms with Crippen molar-refractivity contribution in [3.05, 3.63) is 0 Å². The van der Waals surface area contributed by atoms with Gasteiger partial charge in [0.1, 0.15) is 0 Å². The first-order valence-electron chi connectivity index (χ1n) is 5.24. The van der Waals surface area contributed by atoms with E-state index in [1.807, 2.05) is 0 Å². The second kappa shape index (κ2) is 3.78. The van der Waals surface area contributed by atoms with Crippen molar-refractivity contribution in [1.29, 1.82) is 0 Å². The van der Waals surface area contributed by atoms with Gasteiger partial charge in [-0.15, -0.1) is 0 Å². The zero-order chi connectivity index (χ0) is 9.19. The molecular weight excluding hydrogens is 146 g/mol. The summed E-state index contributed by atoms with van der Waals surface area (Å²) in [6.45, 7) is 11.6. The summed E-state index contributed by atoms with van der Waals surface area (Å²) in [6.07, 6.45) is 2.88. The van der Waals surface area contributed by atoms with Crippen LogP contribution in [0.4, 0.5) is 0 Å². The highest BCUT2D eigenvalue weighted by Gasteiger charge is 2.36. The second-order valence-corrected chi connectivity index (χ2v) is 5.21. The van der Waals surface area contributed by atoms with Crippen molar-refractivity contribution >= 4 is 0 Å². The number of nitrogens with one attached hydrogen (secondary N) is 1. The maximum Gasteiger partial charge on any atom is -0.00204 e. The van der Waals surface area contributed by atoms with Crippen molar-refractivity contribution in [2.45, 2.75) is 40.5 Å². The van der Waals surface area contributed by atoms with Crippen molar-refractivity contribution in [1.82, 2.24) is 5.32 Å². The zero-order valence-corrected chi connectivity index (χ0v) is 8.98. The molecule has 1 rings (SSSR count). The van der Waals surface area contributed by atoms with Crippen LogP contribution in [0.3, 0.4) is 0 Å². The first kappa shape index (κ1) is 10.0. The van der Waals surface area contributed by atoms with E-state index in [1.54, 1.807) is 0 Å². The molecule has 0 bridgehead atoms. The molecule has 0 saturated heterocycles. The molecule has 1 fully saturated rings. The lowest BCUT2D eigenvalue weighted by atomic mass is 9.63. The van der Waals surface area contributed by atoms with E-state index in [0.29, 0.717) is 5.41 Å². The molecule has 0 aromatic rings. The number of hydrogen-bond donors (Lipinski definition) is 1. The molecule has 1 saturated carbocycles. The minimum atomic E-state index is 0.544. The third-order valence-electron chi connectivity index (χ3n) is 3.14. The van der Waals surface area contributed by atoms with Crippen LogP contribution < -0.4 is 5.32 Å². The fraction of sp³-hybridized carbons (Fsp3) is 1.00. The summed E-state index contributed by atoms with van der Waals surface area (Å²) in [7, 11) is 0. The van der Waals surface area contributed by atoms with Gasteiger partial charge in [-0.25, -0.2) is 0 Å². The van der Waals surface area contributed by atoms with E-state index in [1.165, 1.54) is 19.4 Å². The van der Waals surface area contributed by atoms with Gasteiger partial charge in [0.05, 0.1) is 0 Å². The third kappa shape index (κ3) is 2.48. The Hall–Kier alpha value is -0.0400. The van der Waals surface area contributed by atoms with Gasteiger partial charge in [-0.2, -0.15) is 0 Å². The predicted octanol–water partition coefficient (Wildman–Crippen LogP) is 2.67. The summed E-state index contributed by atoms with van der Waals surface area (Å²) in [5.41, 5.74) is 0.544. The predicted molar refractivity (Wildman–Crippen MR) is 54.2 cm³/mol. The van der Waals surface area contributed by atoms with Crippen molar-refractivity contribution in [2.24, 2.45) is 17.3 Å². The molecule has 12 heavy (non-hydrogen) atoms. The summed E-state index contributed by atoms with van der Waals surface area (Å²) in [4.78, 5) is 0. The first-order chi connectivity index (χ1) is 5.54. The fourth-order valence-electron chi connectivity index (χ4n) is 1.96. The van der Waals surface area contributed by atoms with E-state index in [-0.39, 0.29) is 0 Å². The van der Waals surface area contributed by atoms with Crippen LogP contribution in [0.2, 0.25) is 0 Å². The van der Waals surface area contributed by atoms with Gasteiger partial charge in [-0.1, -0.05) is 27.7 Å². The van der Waals surface area contributed by atoms with E-state index in [2.05, 4.69) is 33.0 Å². The Morgan fingerprint density at radius 1 is 1.25 bits per heavy atom. The van der Waals surface area contributed by atoms with Crippen molar-refractivity contribution in [3.63, 3.8) is 0 Å². The molecule has 0 heterocycles. The highest BCUT2D eigenvalue weighted by Crippen LogP contribution is 2.44. The Balaban J connectivity index is 2.12. The molecule has 72 valence electrons. The van der Waals surface area contributed by atoms with Gasteiger partial charge < -0.3 is 5.32 Å². The van der Waals surface area contributed by atoms with Crippen LogP contribution in [0.25, 0.3) is 0 Å². The molecule has 1 N–H and O–H groups in total. The Labute approximate surface area is 76.9 Å². The summed E-state index contributed by atoms with van der Waals surface area (Å²) in [6, 6.07) is 0. The summed E-state index contributed by atoms with van der Waals surface area (Å²) >= 11 is 0. The van der Waals surface area contributed by atoms with Gasteiger partial charge in [0.25, 0.3) is 0 Å². The Kier molecular flexibility index (Phi) is 3.16. The monoisotopic (exact) mass is 169 g/mol. The van der Waals surface area contributed by atoms with Crippen molar-refractivity contribution < 1.29 is 0 Å². The van der Waals surface area contributed by atoms with Crippen molar-refractivity contribution in [3.8, 4) is 0 Å². The minimum Gasteiger partial charge on any atom is -0.317 e. The highest BCUT2D eigenvalue weighted by molar-refractivity contribution is 4.87. The van der Waals surface area contributed by atoms with Gasteiger partial charge in [-0.05, 0) is 43.2 Å². The second-order valence-electron chi connectivity index (χ2n) is 5.21. The van der Waals surface area contributed by atoms with Gasteiger partial charge in [0, 0.05) is 0 Å². The maximum atomic E-state index is 3.42. The molecule has 0 unspecified atom stereocenters. The van der Waals surface area contributed by atoms with E-state index in [0.717, 1.165) is 18.4 Å². The van der Waals surface area contributed by atoms with E-state index >= 15 is 0 Å². The van der Waals surface area contributed by atoms with Crippen LogP contribution in [0, 0.1) is 17.3 Å². The SMILES string of the molecule is CCNCC1CC(C(C)(C)C)C1. The first-order valence-corrected chi connectivity index (χ1v) is 5.24. The lowest BCUT2D eigenvalue weighted by Crippen LogP contribution is -2.38. The lowest BCUT2D eigenvalue weighted by Gasteiger charge is -2.43. The summed E-state index contributed by atoms with van der Waals surface area (Å²) in [5.74, 6) is 1.94. The summed E-state index contributed by atoms with van der Waals surface area (Å²) in [5, 5.41) is 3.42. The van der Waals surface area contributed by atoms with Crippen LogP contribution in [-0.2, 0) is 0 Å². The molecule has 0 amide bonds. The minimum absolute atomic E-state index is 0.544. The van der Waals surface area contributed by atoms with Gasteiger partial charge in [0.2, 0.25) is 0 Å². The van der Waals surface area contributed by atoms with Gasteiger partial charge >= 0.3 is 0 Å². The van der Waals surface area contributed by atoms with Crippen LogP contribution in [-0.4, -0.2) is 13.1 Å². The molecule has 1 heteroatoms. The zero-order valence-electron chi connectivity index (χ0n) is 8.98. The Morgan fingerprint density at radius 3 is 2.25 bits per heavy atom. The standard InChI is InChI=1S/C11H23N/c1-5-12-8-9-6-10(7-9)11(2,3)4/h9-10,12H,5-8H2,1-4H3. The smallest absolute Gasteiger partial charge is 0.00204 e. The van der Waals surface area contributed by atoms with Gasteiger partial charge in [-0.3, -0.25) is 0 Å². The van der Waals surface area contributed by atoms with E-state index < -0.39 is 0 Å². The Bertz CT molecular complexity index is 128. The molecule has 1 nitrogen and oxygen atoms in total. The molecule has 0 radical (unpaired) electrons. The molecule has 1 aliphatic carbocycles. The number of rotatable bonds is 3. The topological polar surface area (TPSA) is 12.0 Å². The van der Waals surface area contributed by atoms with Crippen molar-refractivity contribution in [2.75, 3.05) is 13.1 Å². The van der Waals surface area contributed by atoms with Crippen LogP contribution in [0.5, 0.6) is 0 Å². The van der Waals surface area contributed by atoms with Crippen LogP contribution in [0.1, 0.15) is 40.5 Å². The molecule has 0 atom stereocenters. The average molecular weight is 169 g/mol. The third-order valence-corrected chi connectivity index (χ3v) is 3.14. The summed E-state index contributed by atoms with van der Waals surface area (Å²) < 4.78 is 0. The maximum absolute atomic E-state index is 3.42. The molecule has 0 aromatic heterocycles. The lowest BCUT2D eigenvalue weighted by molar-refractivity contribution is 0.0760. The quantitative estimate of drug-likeness (QED) is 0.685.